The highest BCUT2D eigenvalue weighted by Crippen LogP contribution is 2.13. The Morgan fingerprint density at radius 2 is 1.72 bits per heavy atom. The maximum Gasteiger partial charge on any atom is 0.149 e. The summed E-state index contributed by atoms with van der Waals surface area (Å²) in [4.78, 5) is 12.0. The first kappa shape index (κ1) is 15.7. The van der Waals surface area contributed by atoms with Gasteiger partial charge in [-0.1, -0.05) is 58.3 Å². The monoisotopic (exact) mass is 253 g/mol. The van der Waals surface area contributed by atoms with Crippen molar-refractivity contribution in [2.24, 2.45) is 0 Å². The van der Waals surface area contributed by atoms with Crippen molar-refractivity contribution in [1.82, 2.24) is 5.32 Å². The van der Waals surface area contributed by atoms with Gasteiger partial charge in [-0.2, -0.15) is 0 Å². The molecule has 0 aromatic rings. The molecule has 1 saturated heterocycles. The molecular weight excluding hydrogens is 222 g/mol. The minimum atomic E-state index is 0.174. The zero-order valence-electron chi connectivity index (χ0n) is 12.2. The summed E-state index contributed by atoms with van der Waals surface area (Å²) in [7, 11) is 0. The number of carbonyl (C=O) groups is 1. The van der Waals surface area contributed by atoms with E-state index in [4.69, 9.17) is 0 Å². The normalized spacial score (nSPS) is 20.6. The minimum Gasteiger partial charge on any atom is -0.307 e. The van der Waals surface area contributed by atoms with Crippen LogP contribution in [0.3, 0.4) is 0 Å². The van der Waals surface area contributed by atoms with Gasteiger partial charge < -0.3 is 5.32 Å². The van der Waals surface area contributed by atoms with Gasteiger partial charge in [0.05, 0.1) is 6.04 Å². The molecule has 106 valence electrons. The third kappa shape index (κ3) is 7.15. The summed E-state index contributed by atoms with van der Waals surface area (Å²) in [5, 5.41) is 3.40. The molecule has 0 bridgehead atoms. The molecule has 0 saturated carbocycles. The Hall–Kier alpha value is -0.370. The van der Waals surface area contributed by atoms with Crippen LogP contribution in [0.2, 0.25) is 0 Å². The molecule has 0 spiro atoms. The van der Waals surface area contributed by atoms with Crippen molar-refractivity contribution < 1.29 is 4.79 Å². The van der Waals surface area contributed by atoms with E-state index >= 15 is 0 Å². The van der Waals surface area contributed by atoms with E-state index in [9.17, 15) is 4.79 Å². The maximum absolute atomic E-state index is 12.0. The third-order valence-corrected chi connectivity index (χ3v) is 3.98. The summed E-state index contributed by atoms with van der Waals surface area (Å²) in [6.07, 6.45) is 14.7. The molecule has 1 aliphatic heterocycles. The van der Waals surface area contributed by atoms with Gasteiger partial charge in [-0.15, -0.1) is 0 Å². The van der Waals surface area contributed by atoms with Gasteiger partial charge in [0, 0.05) is 6.42 Å². The first-order chi connectivity index (χ1) is 8.84. The quantitative estimate of drug-likeness (QED) is 0.623. The number of hydrogen-bond donors (Lipinski definition) is 1. The second kappa shape index (κ2) is 10.5. The lowest BCUT2D eigenvalue weighted by atomic mass is 10.0. The van der Waals surface area contributed by atoms with Gasteiger partial charge in [-0.05, 0) is 25.8 Å². The topological polar surface area (TPSA) is 29.1 Å². The van der Waals surface area contributed by atoms with Crippen LogP contribution in [0.4, 0.5) is 0 Å². The highest BCUT2D eigenvalue weighted by atomic mass is 16.1. The van der Waals surface area contributed by atoms with E-state index in [1.807, 2.05) is 0 Å². The molecule has 18 heavy (non-hydrogen) atoms. The van der Waals surface area contributed by atoms with Crippen molar-refractivity contribution in [3.8, 4) is 0 Å². The van der Waals surface area contributed by atoms with Crippen molar-refractivity contribution in [3.63, 3.8) is 0 Å². The fourth-order valence-corrected chi connectivity index (χ4v) is 2.73. The number of hydrogen-bond acceptors (Lipinski definition) is 2. The molecule has 0 aromatic carbocycles. The second-order valence-electron chi connectivity index (χ2n) is 5.69. The Labute approximate surface area is 113 Å². The van der Waals surface area contributed by atoms with Gasteiger partial charge in [0.1, 0.15) is 5.78 Å². The van der Waals surface area contributed by atoms with E-state index in [1.165, 1.54) is 57.8 Å². The summed E-state index contributed by atoms with van der Waals surface area (Å²) in [6, 6.07) is 0.174. The molecule has 2 nitrogen and oxygen atoms in total. The smallest absolute Gasteiger partial charge is 0.149 e. The average molecular weight is 253 g/mol. The summed E-state index contributed by atoms with van der Waals surface area (Å²) < 4.78 is 0. The molecule has 1 aliphatic rings. The maximum atomic E-state index is 12.0. The first-order valence-corrected chi connectivity index (χ1v) is 8.10. The van der Waals surface area contributed by atoms with Crippen molar-refractivity contribution in [2.45, 2.75) is 90.0 Å². The Kier molecular flexibility index (Phi) is 9.19. The summed E-state index contributed by atoms with van der Waals surface area (Å²) in [5.41, 5.74) is 0. The van der Waals surface area contributed by atoms with E-state index in [2.05, 4.69) is 12.2 Å². The number of ketones is 1. The molecule has 1 atom stereocenters. The number of unbranched alkanes of at least 4 members (excludes halogenated alkanes) is 6. The summed E-state index contributed by atoms with van der Waals surface area (Å²) in [6.45, 7) is 3.28. The van der Waals surface area contributed by atoms with E-state index < -0.39 is 0 Å². The first-order valence-electron chi connectivity index (χ1n) is 8.10. The van der Waals surface area contributed by atoms with Crippen molar-refractivity contribution in [3.05, 3.63) is 0 Å². The lowest BCUT2D eigenvalue weighted by molar-refractivity contribution is -0.121. The lowest BCUT2D eigenvalue weighted by Gasteiger charge is -2.14. The fourth-order valence-electron chi connectivity index (χ4n) is 2.73. The number of Topliss-reactive ketones (excluding diaryl/α,β-unsaturated/α-hetero) is 1. The Morgan fingerprint density at radius 1 is 1.00 bits per heavy atom. The van der Waals surface area contributed by atoms with Crippen LogP contribution >= 0.6 is 0 Å². The molecule has 0 aromatic heterocycles. The lowest BCUT2D eigenvalue weighted by Crippen LogP contribution is -2.35. The zero-order valence-corrected chi connectivity index (χ0v) is 12.2. The van der Waals surface area contributed by atoms with Crippen molar-refractivity contribution in [1.29, 1.82) is 0 Å². The number of rotatable bonds is 9. The highest BCUT2D eigenvalue weighted by molar-refractivity contribution is 5.83. The number of nitrogens with one attached hydrogen (secondary N) is 1. The molecule has 0 radical (unpaired) electrons. The Bertz CT molecular complexity index is 207. The van der Waals surface area contributed by atoms with Gasteiger partial charge in [-0.3, -0.25) is 4.79 Å². The SMILES string of the molecule is CCCCCCCCCC(=O)C1CCCCCN1. The van der Waals surface area contributed by atoms with Gasteiger partial charge in [-0.25, -0.2) is 0 Å². The van der Waals surface area contributed by atoms with Crippen LogP contribution in [0.25, 0.3) is 0 Å². The minimum absolute atomic E-state index is 0.174. The van der Waals surface area contributed by atoms with Crippen molar-refractivity contribution >= 4 is 5.78 Å². The Morgan fingerprint density at radius 3 is 2.50 bits per heavy atom. The van der Waals surface area contributed by atoms with Crippen LogP contribution in [0, 0.1) is 0 Å². The van der Waals surface area contributed by atoms with Gasteiger partial charge >= 0.3 is 0 Å². The fraction of sp³-hybridized carbons (Fsp3) is 0.938. The summed E-state index contributed by atoms with van der Waals surface area (Å²) in [5.74, 6) is 0.463. The van der Waals surface area contributed by atoms with Crippen LogP contribution < -0.4 is 5.32 Å². The van der Waals surface area contributed by atoms with Crippen LogP contribution in [-0.4, -0.2) is 18.4 Å². The molecule has 1 rings (SSSR count). The van der Waals surface area contributed by atoms with Gasteiger partial charge in [0.15, 0.2) is 0 Å². The van der Waals surface area contributed by atoms with Crippen LogP contribution in [0.1, 0.15) is 84.0 Å². The average Bonchev–Trinajstić information content (AvgIpc) is 2.66. The van der Waals surface area contributed by atoms with Gasteiger partial charge in [0.25, 0.3) is 0 Å². The number of carbonyl (C=O) groups excluding carboxylic acids is 1. The molecule has 2 heteroatoms. The zero-order chi connectivity index (χ0) is 13.1. The standard InChI is InChI=1S/C16H31NO/c1-2-3-4-5-6-7-10-13-16(18)15-12-9-8-11-14-17-15/h15,17H,2-14H2,1H3. The van der Waals surface area contributed by atoms with Crippen LogP contribution in [0.5, 0.6) is 0 Å². The second-order valence-corrected chi connectivity index (χ2v) is 5.69. The van der Waals surface area contributed by atoms with Crippen LogP contribution in [0.15, 0.2) is 0 Å². The predicted molar refractivity (Wildman–Crippen MR) is 77.9 cm³/mol. The predicted octanol–water partition coefficient (Wildman–Crippen LogP) is 4.23. The van der Waals surface area contributed by atoms with Crippen LogP contribution in [-0.2, 0) is 4.79 Å². The molecule has 1 heterocycles. The van der Waals surface area contributed by atoms with Gasteiger partial charge in [0.2, 0.25) is 0 Å². The Balaban J connectivity index is 1.98. The van der Waals surface area contributed by atoms with Crippen molar-refractivity contribution in [2.75, 3.05) is 6.54 Å². The molecule has 0 aliphatic carbocycles. The molecular formula is C16H31NO. The largest absolute Gasteiger partial charge is 0.307 e. The summed E-state index contributed by atoms with van der Waals surface area (Å²) >= 11 is 0. The van der Waals surface area contributed by atoms with E-state index in [-0.39, 0.29) is 6.04 Å². The van der Waals surface area contributed by atoms with E-state index in [1.54, 1.807) is 0 Å². The molecule has 0 amide bonds. The van der Waals surface area contributed by atoms with E-state index in [0.29, 0.717) is 5.78 Å². The molecule has 1 unspecified atom stereocenters. The highest BCUT2D eigenvalue weighted by Gasteiger charge is 2.18. The third-order valence-electron chi connectivity index (χ3n) is 3.98. The van der Waals surface area contributed by atoms with E-state index in [0.717, 1.165) is 25.8 Å². The molecule has 1 fully saturated rings. The molecule has 1 N–H and O–H groups in total.